The lowest BCUT2D eigenvalue weighted by Gasteiger charge is -2.13. The maximum absolute atomic E-state index is 11.7. The second-order valence-corrected chi connectivity index (χ2v) is 4.69. The lowest BCUT2D eigenvalue weighted by molar-refractivity contribution is -0.117. The molecule has 1 aromatic carbocycles. The molecule has 2 unspecified atom stereocenters. The van der Waals surface area contributed by atoms with E-state index in [1.54, 1.807) is 0 Å². The van der Waals surface area contributed by atoms with Crippen molar-refractivity contribution < 1.29 is 4.79 Å². The molecular formula is C14H20N2O. The summed E-state index contributed by atoms with van der Waals surface area (Å²) in [6.07, 6.45) is 2.90. The molecule has 0 aliphatic carbocycles. The third kappa shape index (κ3) is 2.20. The van der Waals surface area contributed by atoms with E-state index in [1.807, 2.05) is 19.1 Å². The average molecular weight is 232 g/mol. The van der Waals surface area contributed by atoms with Crippen LogP contribution in [0.3, 0.4) is 0 Å². The third-order valence-corrected chi connectivity index (χ3v) is 3.46. The van der Waals surface area contributed by atoms with E-state index >= 15 is 0 Å². The zero-order valence-electron chi connectivity index (χ0n) is 10.5. The molecule has 0 saturated carbocycles. The fraction of sp³-hybridized carbons (Fsp3) is 0.500. The molecule has 1 aliphatic heterocycles. The van der Waals surface area contributed by atoms with E-state index in [1.165, 1.54) is 0 Å². The molecule has 2 rings (SSSR count). The Kier molecular flexibility index (Phi) is 3.48. The molecule has 1 amide bonds. The molecule has 0 saturated heterocycles. The first-order valence-corrected chi connectivity index (χ1v) is 6.37. The minimum atomic E-state index is -0.00113. The summed E-state index contributed by atoms with van der Waals surface area (Å²) in [6, 6.07) is 6.19. The Hall–Kier alpha value is -1.35. The summed E-state index contributed by atoms with van der Waals surface area (Å²) in [5, 5.41) is 2.92. The molecule has 3 nitrogen and oxygen atoms in total. The van der Waals surface area contributed by atoms with E-state index in [0.29, 0.717) is 0 Å². The van der Waals surface area contributed by atoms with Crippen molar-refractivity contribution >= 4 is 11.6 Å². The SMILES string of the molecule is CCCC(N)c1ccc2c(c1)C(CC)C(=O)N2. The summed E-state index contributed by atoms with van der Waals surface area (Å²) in [7, 11) is 0. The number of nitrogens with two attached hydrogens (primary N) is 1. The van der Waals surface area contributed by atoms with Gasteiger partial charge in [-0.05, 0) is 30.0 Å². The summed E-state index contributed by atoms with van der Waals surface area (Å²) in [5.74, 6) is 0.113. The largest absolute Gasteiger partial charge is 0.325 e. The molecule has 0 aromatic heterocycles. The van der Waals surface area contributed by atoms with Gasteiger partial charge in [-0.1, -0.05) is 32.4 Å². The van der Waals surface area contributed by atoms with Crippen LogP contribution in [0.5, 0.6) is 0 Å². The highest BCUT2D eigenvalue weighted by Gasteiger charge is 2.29. The van der Waals surface area contributed by atoms with E-state index in [-0.39, 0.29) is 17.9 Å². The number of anilines is 1. The predicted molar refractivity (Wildman–Crippen MR) is 69.9 cm³/mol. The van der Waals surface area contributed by atoms with Gasteiger partial charge < -0.3 is 11.1 Å². The van der Waals surface area contributed by atoms with Crippen molar-refractivity contribution in [2.75, 3.05) is 5.32 Å². The predicted octanol–water partition coefficient (Wildman–Crippen LogP) is 2.93. The number of rotatable bonds is 4. The molecular weight excluding hydrogens is 212 g/mol. The number of fused-ring (bicyclic) bond motifs is 1. The minimum Gasteiger partial charge on any atom is -0.325 e. The Morgan fingerprint density at radius 3 is 2.82 bits per heavy atom. The number of amides is 1. The first-order valence-electron chi connectivity index (χ1n) is 6.37. The van der Waals surface area contributed by atoms with Crippen molar-refractivity contribution in [3.05, 3.63) is 29.3 Å². The highest BCUT2D eigenvalue weighted by molar-refractivity contribution is 6.02. The highest BCUT2D eigenvalue weighted by Crippen LogP contribution is 2.36. The van der Waals surface area contributed by atoms with Gasteiger partial charge in [0.25, 0.3) is 0 Å². The molecule has 2 atom stereocenters. The first-order chi connectivity index (χ1) is 8.17. The van der Waals surface area contributed by atoms with Crippen molar-refractivity contribution in [3.63, 3.8) is 0 Å². The fourth-order valence-corrected chi connectivity index (χ4v) is 2.46. The molecule has 0 fully saturated rings. The van der Waals surface area contributed by atoms with Crippen molar-refractivity contribution in [1.29, 1.82) is 0 Å². The number of hydrogen-bond acceptors (Lipinski definition) is 2. The van der Waals surface area contributed by atoms with E-state index in [2.05, 4.69) is 18.3 Å². The van der Waals surface area contributed by atoms with Gasteiger partial charge in [0.2, 0.25) is 5.91 Å². The van der Waals surface area contributed by atoms with Crippen LogP contribution in [-0.4, -0.2) is 5.91 Å². The van der Waals surface area contributed by atoms with Crippen molar-refractivity contribution in [1.82, 2.24) is 0 Å². The van der Waals surface area contributed by atoms with Crippen LogP contribution >= 0.6 is 0 Å². The van der Waals surface area contributed by atoms with Gasteiger partial charge in [0.05, 0.1) is 5.92 Å². The van der Waals surface area contributed by atoms with Gasteiger partial charge in [-0.15, -0.1) is 0 Å². The van der Waals surface area contributed by atoms with E-state index in [9.17, 15) is 4.79 Å². The summed E-state index contributed by atoms with van der Waals surface area (Å²) in [6.45, 7) is 4.17. The van der Waals surface area contributed by atoms with Gasteiger partial charge in [-0.2, -0.15) is 0 Å². The van der Waals surface area contributed by atoms with Crippen LogP contribution in [0.4, 0.5) is 5.69 Å². The van der Waals surface area contributed by atoms with Gasteiger partial charge >= 0.3 is 0 Å². The second kappa shape index (κ2) is 4.88. The summed E-state index contributed by atoms with van der Waals surface area (Å²) >= 11 is 0. The Labute approximate surface area is 102 Å². The monoisotopic (exact) mass is 232 g/mol. The average Bonchev–Trinajstić information content (AvgIpc) is 2.63. The zero-order chi connectivity index (χ0) is 12.4. The molecule has 0 radical (unpaired) electrons. The quantitative estimate of drug-likeness (QED) is 0.838. The lowest BCUT2D eigenvalue weighted by atomic mass is 9.93. The van der Waals surface area contributed by atoms with Crippen LogP contribution in [0.25, 0.3) is 0 Å². The van der Waals surface area contributed by atoms with Crippen LogP contribution in [0, 0.1) is 0 Å². The van der Waals surface area contributed by atoms with Gasteiger partial charge in [-0.25, -0.2) is 0 Å². The van der Waals surface area contributed by atoms with Gasteiger partial charge in [-0.3, -0.25) is 4.79 Å². The second-order valence-electron chi connectivity index (χ2n) is 4.69. The summed E-state index contributed by atoms with van der Waals surface area (Å²) in [5.41, 5.74) is 9.32. The van der Waals surface area contributed by atoms with E-state index in [0.717, 1.165) is 36.1 Å². The third-order valence-electron chi connectivity index (χ3n) is 3.46. The standard InChI is InChI=1S/C14H20N2O/c1-3-5-12(15)9-6-7-13-11(8-9)10(4-2)14(17)16-13/h6-8,10,12H,3-5,15H2,1-2H3,(H,16,17). The summed E-state index contributed by atoms with van der Waals surface area (Å²) in [4.78, 5) is 11.7. The fourth-order valence-electron chi connectivity index (χ4n) is 2.46. The molecule has 1 heterocycles. The van der Waals surface area contributed by atoms with Gasteiger partial charge in [0.1, 0.15) is 0 Å². The van der Waals surface area contributed by atoms with Crippen LogP contribution < -0.4 is 11.1 Å². The number of benzene rings is 1. The maximum Gasteiger partial charge on any atom is 0.231 e. The lowest BCUT2D eigenvalue weighted by Crippen LogP contribution is -2.11. The first kappa shape index (κ1) is 12.1. The van der Waals surface area contributed by atoms with Crippen LogP contribution in [0.1, 0.15) is 56.2 Å². The smallest absolute Gasteiger partial charge is 0.231 e. The molecule has 3 heteroatoms. The topological polar surface area (TPSA) is 55.1 Å². The van der Waals surface area contributed by atoms with E-state index < -0.39 is 0 Å². The molecule has 92 valence electrons. The van der Waals surface area contributed by atoms with Crippen molar-refractivity contribution in [2.24, 2.45) is 5.73 Å². The highest BCUT2D eigenvalue weighted by atomic mass is 16.2. The van der Waals surface area contributed by atoms with Crippen LogP contribution in [0.15, 0.2) is 18.2 Å². The minimum absolute atomic E-state index is 0.00113. The zero-order valence-corrected chi connectivity index (χ0v) is 10.5. The number of nitrogens with one attached hydrogen (secondary N) is 1. The Morgan fingerprint density at radius 1 is 1.41 bits per heavy atom. The molecule has 0 spiro atoms. The Morgan fingerprint density at radius 2 is 2.18 bits per heavy atom. The number of carbonyl (C=O) groups is 1. The number of carbonyl (C=O) groups excluding carboxylic acids is 1. The Bertz CT molecular complexity index is 428. The van der Waals surface area contributed by atoms with Gasteiger partial charge in [0.15, 0.2) is 0 Å². The Balaban J connectivity index is 2.31. The van der Waals surface area contributed by atoms with Crippen LogP contribution in [0.2, 0.25) is 0 Å². The van der Waals surface area contributed by atoms with Crippen molar-refractivity contribution in [3.8, 4) is 0 Å². The normalized spacial score (nSPS) is 19.9. The molecule has 0 bridgehead atoms. The van der Waals surface area contributed by atoms with Crippen LogP contribution in [-0.2, 0) is 4.79 Å². The van der Waals surface area contributed by atoms with Crippen molar-refractivity contribution in [2.45, 2.75) is 45.1 Å². The molecule has 1 aromatic rings. The number of hydrogen-bond donors (Lipinski definition) is 2. The summed E-state index contributed by atoms with van der Waals surface area (Å²) < 4.78 is 0. The maximum atomic E-state index is 11.7. The molecule has 17 heavy (non-hydrogen) atoms. The molecule has 1 aliphatic rings. The van der Waals surface area contributed by atoms with E-state index in [4.69, 9.17) is 5.73 Å². The van der Waals surface area contributed by atoms with Gasteiger partial charge in [0, 0.05) is 11.7 Å². The molecule has 3 N–H and O–H groups in total.